The quantitative estimate of drug-likeness (QED) is 0.371. The van der Waals surface area contributed by atoms with E-state index in [1.807, 2.05) is 78.3 Å². The number of rotatable bonds is 8. The molecule has 0 unspecified atom stereocenters. The van der Waals surface area contributed by atoms with Crippen molar-refractivity contribution in [3.05, 3.63) is 90.1 Å². The Labute approximate surface area is 197 Å². The third-order valence-electron chi connectivity index (χ3n) is 5.32. The van der Waals surface area contributed by atoms with Crippen LogP contribution in [-0.2, 0) is 16.1 Å². The van der Waals surface area contributed by atoms with Gasteiger partial charge in [-0.3, -0.25) is 4.79 Å². The van der Waals surface area contributed by atoms with Crippen molar-refractivity contribution in [1.29, 1.82) is 0 Å². The first kappa shape index (κ1) is 23.0. The second-order valence-electron chi connectivity index (χ2n) is 7.93. The molecule has 4 rings (SSSR count). The maximum Gasteiger partial charge on any atom is 0.408 e. The van der Waals surface area contributed by atoms with Gasteiger partial charge in [0.25, 0.3) is 0 Å². The SMILES string of the molecule is Cc1cccc(-n2ncc3ccc(NC(=O)[C@H](CCO)NC(=O)OCc4ccccc4)cc32)c1. The van der Waals surface area contributed by atoms with Crippen LogP contribution in [0.4, 0.5) is 10.5 Å². The molecule has 0 bridgehead atoms. The lowest BCUT2D eigenvalue weighted by molar-refractivity contribution is -0.118. The fraction of sp³-hybridized carbons (Fsp3) is 0.192. The Hall–Kier alpha value is -4.17. The molecular formula is C26H26N4O4. The van der Waals surface area contributed by atoms with Crippen LogP contribution in [0.3, 0.4) is 0 Å². The summed E-state index contributed by atoms with van der Waals surface area (Å²) in [5.74, 6) is -0.452. The van der Waals surface area contributed by atoms with Crippen LogP contribution in [0.15, 0.2) is 79.0 Å². The van der Waals surface area contributed by atoms with E-state index in [2.05, 4.69) is 15.7 Å². The van der Waals surface area contributed by atoms with Gasteiger partial charge in [0.2, 0.25) is 5.91 Å². The average molecular weight is 459 g/mol. The van der Waals surface area contributed by atoms with Crippen LogP contribution < -0.4 is 10.6 Å². The molecule has 2 amide bonds. The highest BCUT2D eigenvalue weighted by Crippen LogP contribution is 2.23. The first-order valence-electron chi connectivity index (χ1n) is 11.0. The molecule has 8 nitrogen and oxygen atoms in total. The number of aliphatic hydroxyl groups excluding tert-OH is 1. The number of hydrogen-bond donors (Lipinski definition) is 3. The molecule has 0 saturated carbocycles. The average Bonchev–Trinajstić information content (AvgIpc) is 3.26. The second kappa shape index (κ2) is 10.6. The Morgan fingerprint density at radius 2 is 1.88 bits per heavy atom. The minimum Gasteiger partial charge on any atom is -0.445 e. The fourth-order valence-corrected chi connectivity index (χ4v) is 3.60. The number of anilines is 1. The monoisotopic (exact) mass is 458 g/mol. The Morgan fingerprint density at radius 3 is 2.65 bits per heavy atom. The number of hydrogen-bond acceptors (Lipinski definition) is 5. The van der Waals surface area contributed by atoms with Crippen molar-refractivity contribution in [3.63, 3.8) is 0 Å². The molecule has 0 aliphatic carbocycles. The molecular weight excluding hydrogens is 432 g/mol. The molecule has 174 valence electrons. The minimum atomic E-state index is -0.953. The summed E-state index contributed by atoms with van der Waals surface area (Å²) < 4.78 is 7.01. The predicted octanol–water partition coefficient (Wildman–Crippen LogP) is 3.95. The molecule has 0 spiro atoms. The topological polar surface area (TPSA) is 105 Å². The van der Waals surface area contributed by atoms with Gasteiger partial charge in [0.05, 0.1) is 17.4 Å². The van der Waals surface area contributed by atoms with E-state index in [-0.39, 0.29) is 19.6 Å². The van der Waals surface area contributed by atoms with E-state index in [0.29, 0.717) is 5.69 Å². The molecule has 0 aliphatic heterocycles. The number of nitrogens with one attached hydrogen (secondary N) is 2. The molecule has 8 heteroatoms. The molecule has 3 N–H and O–H groups in total. The number of fused-ring (bicyclic) bond motifs is 1. The van der Waals surface area contributed by atoms with E-state index in [4.69, 9.17) is 4.74 Å². The van der Waals surface area contributed by atoms with Gasteiger partial charge in [-0.25, -0.2) is 9.48 Å². The molecule has 0 saturated heterocycles. The summed E-state index contributed by atoms with van der Waals surface area (Å²) in [7, 11) is 0. The highest BCUT2D eigenvalue weighted by molar-refractivity contribution is 5.98. The van der Waals surface area contributed by atoms with Gasteiger partial charge in [0, 0.05) is 17.7 Å². The van der Waals surface area contributed by atoms with Crippen LogP contribution in [0.1, 0.15) is 17.5 Å². The van der Waals surface area contributed by atoms with Crippen LogP contribution in [-0.4, -0.2) is 39.5 Å². The van der Waals surface area contributed by atoms with Crippen molar-refractivity contribution in [2.24, 2.45) is 0 Å². The van der Waals surface area contributed by atoms with Crippen molar-refractivity contribution in [2.75, 3.05) is 11.9 Å². The highest BCUT2D eigenvalue weighted by Gasteiger charge is 2.21. The Balaban J connectivity index is 1.45. The van der Waals surface area contributed by atoms with Crippen LogP contribution in [0, 0.1) is 6.92 Å². The first-order valence-corrected chi connectivity index (χ1v) is 11.0. The fourth-order valence-electron chi connectivity index (χ4n) is 3.60. The first-order chi connectivity index (χ1) is 16.5. The zero-order chi connectivity index (χ0) is 23.9. The van der Waals surface area contributed by atoms with E-state index in [1.165, 1.54) is 0 Å². The summed E-state index contributed by atoms with van der Waals surface area (Å²) >= 11 is 0. The van der Waals surface area contributed by atoms with Gasteiger partial charge in [-0.1, -0.05) is 42.5 Å². The van der Waals surface area contributed by atoms with Gasteiger partial charge in [-0.2, -0.15) is 5.10 Å². The third kappa shape index (κ3) is 5.60. The van der Waals surface area contributed by atoms with Gasteiger partial charge >= 0.3 is 6.09 Å². The van der Waals surface area contributed by atoms with Gasteiger partial charge in [0.15, 0.2) is 0 Å². The number of amides is 2. The summed E-state index contributed by atoms with van der Waals surface area (Å²) in [5.41, 5.74) is 4.24. The summed E-state index contributed by atoms with van der Waals surface area (Å²) in [6, 6.07) is 21.7. The predicted molar refractivity (Wildman–Crippen MR) is 130 cm³/mol. The van der Waals surface area contributed by atoms with E-state index in [0.717, 1.165) is 27.7 Å². The van der Waals surface area contributed by atoms with E-state index < -0.39 is 18.0 Å². The number of carbonyl (C=O) groups excluding carboxylic acids is 2. The molecule has 4 aromatic rings. The normalized spacial score (nSPS) is 11.7. The summed E-state index contributed by atoms with van der Waals surface area (Å²) in [5, 5.41) is 20.1. The van der Waals surface area contributed by atoms with E-state index >= 15 is 0 Å². The number of nitrogens with zero attached hydrogens (tertiary/aromatic N) is 2. The molecule has 0 aliphatic rings. The number of aryl methyl sites for hydroxylation is 1. The van der Waals surface area contributed by atoms with Crippen molar-refractivity contribution >= 4 is 28.6 Å². The number of aliphatic hydroxyl groups is 1. The van der Waals surface area contributed by atoms with Crippen molar-refractivity contribution in [2.45, 2.75) is 26.0 Å². The molecule has 0 fully saturated rings. The number of aromatic nitrogens is 2. The minimum absolute atomic E-state index is 0.0513. The maximum atomic E-state index is 12.9. The van der Waals surface area contributed by atoms with Crippen LogP contribution in [0.2, 0.25) is 0 Å². The van der Waals surface area contributed by atoms with E-state index in [9.17, 15) is 14.7 Å². The number of carbonyl (C=O) groups is 2. The van der Waals surface area contributed by atoms with Crippen LogP contribution in [0.5, 0.6) is 0 Å². The molecule has 34 heavy (non-hydrogen) atoms. The highest BCUT2D eigenvalue weighted by atomic mass is 16.5. The standard InChI is InChI=1S/C26H26N4O4/c1-18-6-5-9-22(14-18)30-24-15-21(11-10-20(24)16-27-30)28-25(32)23(12-13-31)29-26(33)34-17-19-7-3-2-4-8-19/h2-11,14-16,23,31H,12-13,17H2,1H3,(H,28,32)(H,29,33)/t23-/m0/s1. The zero-order valence-corrected chi connectivity index (χ0v) is 18.8. The maximum absolute atomic E-state index is 12.9. The van der Waals surface area contributed by atoms with Gasteiger partial charge < -0.3 is 20.5 Å². The van der Waals surface area contributed by atoms with Crippen LogP contribution >= 0.6 is 0 Å². The largest absolute Gasteiger partial charge is 0.445 e. The van der Waals surface area contributed by atoms with Gasteiger partial charge in [0.1, 0.15) is 12.6 Å². The van der Waals surface area contributed by atoms with Crippen molar-refractivity contribution in [3.8, 4) is 5.69 Å². The summed E-state index contributed by atoms with van der Waals surface area (Å²) in [6.07, 6.45) is 1.09. The Kier molecular flexibility index (Phi) is 7.19. The van der Waals surface area contributed by atoms with Crippen molar-refractivity contribution in [1.82, 2.24) is 15.1 Å². The number of ether oxygens (including phenoxy) is 1. The third-order valence-corrected chi connectivity index (χ3v) is 5.32. The molecule has 1 heterocycles. The van der Waals surface area contributed by atoms with Gasteiger partial charge in [-0.05, 0) is 54.8 Å². The smallest absolute Gasteiger partial charge is 0.408 e. The lowest BCUT2D eigenvalue weighted by Crippen LogP contribution is -2.44. The zero-order valence-electron chi connectivity index (χ0n) is 18.8. The molecule has 3 aromatic carbocycles. The van der Waals surface area contributed by atoms with Crippen molar-refractivity contribution < 1.29 is 19.4 Å². The van der Waals surface area contributed by atoms with Gasteiger partial charge in [-0.15, -0.1) is 0 Å². The van der Waals surface area contributed by atoms with E-state index in [1.54, 1.807) is 12.3 Å². The summed E-state index contributed by atoms with van der Waals surface area (Å²) in [6.45, 7) is 1.83. The summed E-state index contributed by atoms with van der Waals surface area (Å²) in [4.78, 5) is 25.1. The Morgan fingerprint density at radius 1 is 1.06 bits per heavy atom. The molecule has 0 radical (unpaired) electrons. The Bertz CT molecular complexity index is 1290. The molecule has 1 aromatic heterocycles. The molecule has 1 atom stereocenters. The number of benzene rings is 3. The second-order valence-corrected chi connectivity index (χ2v) is 7.93. The van der Waals surface area contributed by atoms with Crippen LogP contribution in [0.25, 0.3) is 16.6 Å². The lowest BCUT2D eigenvalue weighted by Gasteiger charge is -2.17. The lowest BCUT2D eigenvalue weighted by atomic mass is 10.1. The number of alkyl carbamates (subject to hydrolysis) is 1.